The number of hydrogen-bond donors (Lipinski definition) is 0. The summed E-state index contributed by atoms with van der Waals surface area (Å²) in [5.41, 5.74) is 1.05. The van der Waals surface area contributed by atoms with Crippen LogP contribution in [0.2, 0.25) is 0 Å². The van der Waals surface area contributed by atoms with Crippen LogP contribution < -0.4 is 0 Å². The second-order valence-corrected chi connectivity index (χ2v) is 5.75. The summed E-state index contributed by atoms with van der Waals surface area (Å²) >= 11 is 0. The molecule has 1 nitrogen and oxygen atoms in total. The fraction of sp³-hybridized carbons (Fsp3) is 1.00. The summed E-state index contributed by atoms with van der Waals surface area (Å²) in [6.45, 7) is 10.5. The van der Waals surface area contributed by atoms with Crippen LogP contribution in [-0.4, -0.2) is 12.7 Å². The van der Waals surface area contributed by atoms with Crippen LogP contribution in [0.3, 0.4) is 0 Å². The average Bonchev–Trinajstić information content (AvgIpc) is 2.69. The second-order valence-electron chi connectivity index (χ2n) is 5.75. The molecular formula is C11H20O. The molecule has 0 aromatic carbocycles. The fourth-order valence-corrected chi connectivity index (χ4v) is 2.54. The van der Waals surface area contributed by atoms with Gasteiger partial charge in [-0.3, -0.25) is 0 Å². The molecule has 1 heterocycles. The minimum atomic E-state index is 0.416. The Bertz CT molecular complexity index is 193. The maximum absolute atomic E-state index is 5.38. The number of ether oxygens (including phenoxy) is 1. The van der Waals surface area contributed by atoms with Gasteiger partial charge in [0, 0.05) is 0 Å². The maximum Gasteiger partial charge on any atom is 0.0860 e. The molecule has 1 saturated heterocycles. The van der Waals surface area contributed by atoms with Gasteiger partial charge >= 0.3 is 0 Å². The van der Waals surface area contributed by atoms with Gasteiger partial charge in [0.1, 0.15) is 0 Å². The van der Waals surface area contributed by atoms with Crippen molar-refractivity contribution in [1.29, 1.82) is 0 Å². The molecule has 0 aromatic heterocycles. The molecule has 0 radical (unpaired) electrons. The molecule has 0 amide bonds. The van der Waals surface area contributed by atoms with Gasteiger partial charge in [-0.15, -0.1) is 0 Å². The lowest BCUT2D eigenvalue weighted by Crippen LogP contribution is -2.23. The van der Waals surface area contributed by atoms with Gasteiger partial charge in [-0.25, -0.2) is 0 Å². The zero-order valence-corrected chi connectivity index (χ0v) is 8.68. The molecule has 70 valence electrons. The first-order valence-electron chi connectivity index (χ1n) is 5.06. The molecule has 1 saturated carbocycles. The van der Waals surface area contributed by atoms with E-state index in [-0.39, 0.29) is 0 Å². The molecule has 0 spiro atoms. The average molecular weight is 168 g/mol. The van der Waals surface area contributed by atoms with Gasteiger partial charge in [0.15, 0.2) is 0 Å². The van der Waals surface area contributed by atoms with E-state index < -0.39 is 0 Å². The minimum absolute atomic E-state index is 0.416. The van der Waals surface area contributed by atoms with Crippen molar-refractivity contribution in [1.82, 2.24) is 0 Å². The molecule has 2 aliphatic rings. The molecule has 2 rings (SSSR count). The molecule has 0 bridgehead atoms. The number of epoxide rings is 1. The quantitative estimate of drug-likeness (QED) is 0.590. The molecule has 3 unspecified atom stereocenters. The van der Waals surface area contributed by atoms with Gasteiger partial charge in [0.05, 0.1) is 12.7 Å². The summed E-state index contributed by atoms with van der Waals surface area (Å²) in [5, 5.41) is 0. The molecular weight excluding hydrogens is 148 g/mol. The van der Waals surface area contributed by atoms with E-state index in [9.17, 15) is 0 Å². The van der Waals surface area contributed by atoms with E-state index in [0.717, 1.165) is 12.5 Å². The van der Waals surface area contributed by atoms with Gasteiger partial charge < -0.3 is 4.74 Å². The summed E-state index contributed by atoms with van der Waals surface area (Å²) in [7, 11) is 0. The van der Waals surface area contributed by atoms with Crippen molar-refractivity contribution in [2.24, 2.45) is 16.7 Å². The Morgan fingerprint density at radius 1 is 1.50 bits per heavy atom. The van der Waals surface area contributed by atoms with Crippen molar-refractivity contribution in [3.63, 3.8) is 0 Å². The van der Waals surface area contributed by atoms with E-state index in [4.69, 9.17) is 4.74 Å². The lowest BCUT2D eigenvalue weighted by molar-refractivity contribution is 0.185. The Kier molecular flexibility index (Phi) is 1.61. The molecule has 12 heavy (non-hydrogen) atoms. The first-order chi connectivity index (χ1) is 5.44. The largest absolute Gasteiger partial charge is 0.373 e. The van der Waals surface area contributed by atoms with Crippen LogP contribution in [-0.2, 0) is 4.74 Å². The third-order valence-corrected chi connectivity index (χ3v) is 3.87. The summed E-state index contributed by atoms with van der Waals surface area (Å²) < 4.78 is 5.38. The summed E-state index contributed by atoms with van der Waals surface area (Å²) in [6.07, 6.45) is 3.32. The van der Waals surface area contributed by atoms with E-state index >= 15 is 0 Å². The molecule has 1 aliphatic carbocycles. The van der Waals surface area contributed by atoms with Gasteiger partial charge in [-0.1, -0.05) is 27.7 Å². The molecule has 2 fully saturated rings. The van der Waals surface area contributed by atoms with Crippen LogP contribution in [0.5, 0.6) is 0 Å². The van der Waals surface area contributed by atoms with Crippen LogP contribution in [0.4, 0.5) is 0 Å². The van der Waals surface area contributed by atoms with Crippen molar-refractivity contribution in [2.75, 3.05) is 6.61 Å². The highest BCUT2D eigenvalue weighted by Crippen LogP contribution is 2.59. The highest BCUT2D eigenvalue weighted by Gasteiger charge is 2.52. The summed E-state index contributed by atoms with van der Waals surface area (Å²) in [5.74, 6) is 0.940. The van der Waals surface area contributed by atoms with Crippen LogP contribution in [0, 0.1) is 16.7 Å². The Labute approximate surface area is 75.5 Å². The first kappa shape index (κ1) is 8.55. The Balaban J connectivity index is 1.93. The smallest absolute Gasteiger partial charge is 0.0860 e. The van der Waals surface area contributed by atoms with Gasteiger partial charge in [0.25, 0.3) is 0 Å². The van der Waals surface area contributed by atoms with Crippen molar-refractivity contribution < 1.29 is 4.74 Å². The first-order valence-corrected chi connectivity index (χ1v) is 5.06. The molecule has 0 aromatic rings. The van der Waals surface area contributed by atoms with E-state index in [1.165, 1.54) is 12.8 Å². The highest BCUT2D eigenvalue weighted by atomic mass is 16.6. The van der Waals surface area contributed by atoms with E-state index in [2.05, 4.69) is 27.7 Å². The van der Waals surface area contributed by atoms with Gasteiger partial charge in [-0.2, -0.15) is 0 Å². The van der Waals surface area contributed by atoms with Crippen LogP contribution in [0.1, 0.15) is 40.5 Å². The standard InChI is InChI=1S/C11H20O/c1-8-5-11(8,4)7-10(2,3)9-6-12-9/h8-9H,5-7H2,1-4H3. The Morgan fingerprint density at radius 2 is 2.00 bits per heavy atom. The normalized spacial score (nSPS) is 46.0. The zero-order chi connectivity index (χ0) is 8.98. The monoisotopic (exact) mass is 168 g/mol. The number of hydrogen-bond acceptors (Lipinski definition) is 1. The van der Waals surface area contributed by atoms with Crippen molar-refractivity contribution in [3.05, 3.63) is 0 Å². The zero-order valence-electron chi connectivity index (χ0n) is 8.68. The minimum Gasteiger partial charge on any atom is -0.373 e. The predicted octanol–water partition coefficient (Wildman–Crippen LogP) is 2.85. The van der Waals surface area contributed by atoms with Gasteiger partial charge in [0.2, 0.25) is 0 Å². The van der Waals surface area contributed by atoms with Crippen molar-refractivity contribution in [3.8, 4) is 0 Å². The van der Waals surface area contributed by atoms with Crippen molar-refractivity contribution >= 4 is 0 Å². The lowest BCUT2D eigenvalue weighted by atomic mass is 9.78. The molecule has 0 N–H and O–H groups in total. The third-order valence-electron chi connectivity index (χ3n) is 3.87. The lowest BCUT2D eigenvalue weighted by Gasteiger charge is -2.26. The predicted molar refractivity (Wildman–Crippen MR) is 50.0 cm³/mol. The van der Waals surface area contributed by atoms with Crippen LogP contribution >= 0.6 is 0 Å². The van der Waals surface area contributed by atoms with E-state index in [1.807, 2.05) is 0 Å². The van der Waals surface area contributed by atoms with Crippen LogP contribution in [0.25, 0.3) is 0 Å². The molecule has 3 atom stereocenters. The maximum atomic E-state index is 5.38. The summed E-state index contributed by atoms with van der Waals surface area (Å²) in [4.78, 5) is 0. The summed E-state index contributed by atoms with van der Waals surface area (Å²) in [6, 6.07) is 0. The number of rotatable bonds is 3. The Hall–Kier alpha value is -0.0400. The van der Waals surface area contributed by atoms with Crippen LogP contribution in [0.15, 0.2) is 0 Å². The van der Waals surface area contributed by atoms with Crippen molar-refractivity contribution in [2.45, 2.75) is 46.6 Å². The van der Waals surface area contributed by atoms with E-state index in [1.54, 1.807) is 0 Å². The molecule has 1 aliphatic heterocycles. The highest BCUT2D eigenvalue weighted by molar-refractivity contribution is 5.02. The Morgan fingerprint density at radius 3 is 2.33 bits per heavy atom. The topological polar surface area (TPSA) is 12.5 Å². The third kappa shape index (κ3) is 1.39. The van der Waals surface area contributed by atoms with E-state index in [0.29, 0.717) is 16.9 Å². The fourth-order valence-electron chi connectivity index (χ4n) is 2.54. The second kappa shape index (κ2) is 2.25. The molecule has 1 heteroatoms. The van der Waals surface area contributed by atoms with Gasteiger partial charge in [-0.05, 0) is 29.6 Å². The SMILES string of the molecule is CC1CC1(C)CC(C)(C)C1CO1.